The maximum absolute atomic E-state index is 12.2. The Bertz CT molecular complexity index is 804. The van der Waals surface area contributed by atoms with Gasteiger partial charge in [0, 0.05) is 17.5 Å². The van der Waals surface area contributed by atoms with Crippen molar-refractivity contribution in [3.8, 4) is 0 Å². The highest BCUT2D eigenvalue weighted by Crippen LogP contribution is 2.20. The van der Waals surface area contributed by atoms with Crippen LogP contribution in [0.4, 0.5) is 5.69 Å². The molecule has 0 bridgehead atoms. The van der Waals surface area contributed by atoms with Gasteiger partial charge in [0.1, 0.15) is 5.75 Å². The van der Waals surface area contributed by atoms with Crippen LogP contribution in [0, 0.1) is 10.1 Å². The van der Waals surface area contributed by atoms with Crippen molar-refractivity contribution in [2.75, 3.05) is 0 Å². The number of nitro benzene ring substituents is 1. The number of sulfone groups is 1. The lowest BCUT2D eigenvalue weighted by molar-refractivity contribution is -0.384. The van der Waals surface area contributed by atoms with Gasteiger partial charge in [-0.3, -0.25) is 10.1 Å². The monoisotopic (exact) mass is 339 g/mol. The molecule has 0 aliphatic rings. The van der Waals surface area contributed by atoms with Crippen molar-refractivity contribution in [2.24, 2.45) is 0 Å². The third-order valence-electron chi connectivity index (χ3n) is 3.02. The standard InChI is InChI=1S/C14H17N3O5S/c1-14(2,3)13-15-12(22-16-13)9-23(20,21)8-10-4-6-11(7-5-10)17(18)19/h4-7H,8-9H2,1-3H3. The maximum atomic E-state index is 12.2. The molecular weight excluding hydrogens is 322 g/mol. The first-order valence-electron chi connectivity index (χ1n) is 6.84. The summed E-state index contributed by atoms with van der Waals surface area (Å²) in [4.78, 5) is 14.1. The Morgan fingerprint density at radius 1 is 1.17 bits per heavy atom. The normalized spacial score (nSPS) is 12.3. The molecule has 8 nitrogen and oxygen atoms in total. The number of non-ortho nitro benzene ring substituents is 1. The van der Waals surface area contributed by atoms with Gasteiger partial charge in [0.25, 0.3) is 5.69 Å². The first-order chi connectivity index (χ1) is 10.6. The van der Waals surface area contributed by atoms with E-state index in [0.717, 1.165) is 0 Å². The lowest BCUT2D eigenvalue weighted by Crippen LogP contribution is -2.14. The average Bonchev–Trinajstić information content (AvgIpc) is 2.86. The summed E-state index contributed by atoms with van der Waals surface area (Å²) in [5, 5.41) is 14.4. The SMILES string of the molecule is CC(C)(C)c1noc(CS(=O)(=O)Cc2ccc([N+](=O)[O-])cc2)n1. The largest absolute Gasteiger partial charge is 0.338 e. The van der Waals surface area contributed by atoms with Crippen LogP contribution in [-0.4, -0.2) is 23.5 Å². The summed E-state index contributed by atoms with van der Waals surface area (Å²) >= 11 is 0. The van der Waals surface area contributed by atoms with Crippen LogP contribution in [0.5, 0.6) is 0 Å². The molecule has 1 heterocycles. The van der Waals surface area contributed by atoms with E-state index in [1.165, 1.54) is 24.3 Å². The highest BCUT2D eigenvalue weighted by Gasteiger charge is 2.24. The van der Waals surface area contributed by atoms with E-state index in [4.69, 9.17) is 4.52 Å². The fourth-order valence-corrected chi connectivity index (χ4v) is 3.12. The lowest BCUT2D eigenvalue weighted by Gasteiger charge is -2.10. The van der Waals surface area contributed by atoms with Gasteiger partial charge in [0.15, 0.2) is 15.7 Å². The summed E-state index contributed by atoms with van der Waals surface area (Å²) in [6.07, 6.45) is 0. The number of aromatic nitrogens is 2. The van der Waals surface area contributed by atoms with Crippen molar-refractivity contribution in [2.45, 2.75) is 37.7 Å². The molecule has 0 aliphatic carbocycles. The third kappa shape index (κ3) is 4.59. The Kier molecular flexibility index (Phi) is 4.51. The van der Waals surface area contributed by atoms with Gasteiger partial charge in [-0.2, -0.15) is 4.98 Å². The average molecular weight is 339 g/mol. The van der Waals surface area contributed by atoms with Gasteiger partial charge in [-0.15, -0.1) is 0 Å². The second-order valence-corrected chi connectivity index (χ2v) is 8.28. The minimum Gasteiger partial charge on any atom is -0.338 e. The lowest BCUT2D eigenvalue weighted by atomic mass is 9.96. The summed E-state index contributed by atoms with van der Waals surface area (Å²) in [6, 6.07) is 5.39. The second-order valence-electron chi connectivity index (χ2n) is 6.22. The third-order valence-corrected chi connectivity index (χ3v) is 4.48. The van der Waals surface area contributed by atoms with Gasteiger partial charge in [-0.1, -0.05) is 38.1 Å². The zero-order valence-corrected chi connectivity index (χ0v) is 13.8. The van der Waals surface area contributed by atoms with Crippen LogP contribution in [-0.2, 0) is 26.8 Å². The predicted molar refractivity (Wildman–Crippen MR) is 82.4 cm³/mol. The molecule has 0 saturated carbocycles. The summed E-state index contributed by atoms with van der Waals surface area (Å²) in [7, 11) is -3.52. The van der Waals surface area contributed by atoms with Gasteiger partial charge < -0.3 is 4.52 Å². The minimum atomic E-state index is -3.52. The Labute approximate surface area is 133 Å². The fraction of sp³-hybridized carbons (Fsp3) is 0.429. The first-order valence-corrected chi connectivity index (χ1v) is 8.66. The van der Waals surface area contributed by atoms with Crippen LogP contribution >= 0.6 is 0 Å². The van der Waals surface area contributed by atoms with Crippen molar-refractivity contribution >= 4 is 15.5 Å². The number of hydrogen-bond donors (Lipinski definition) is 0. The Morgan fingerprint density at radius 2 is 1.78 bits per heavy atom. The van der Waals surface area contributed by atoms with E-state index in [0.29, 0.717) is 11.4 Å². The van der Waals surface area contributed by atoms with Crippen LogP contribution < -0.4 is 0 Å². The Morgan fingerprint density at radius 3 is 2.26 bits per heavy atom. The Balaban J connectivity index is 2.10. The molecule has 2 rings (SSSR count). The molecule has 0 spiro atoms. The van der Waals surface area contributed by atoms with Crippen molar-refractivity contribution < 1.29 is 17.9 Å². The molecule has 2 aromatic rings. The van der Waals surface area contributed by atoms with Crippen LogP contribution in [0.25, 0.3) is 0 Å². The van der Waals surface area contributed by atoms with Crippen LogP contribution in [0.15, 0.2) is 28.8 Å². The zero-order valence-electron chi connectivity index (χ0n) is 13.0. The number of nitro groups is 1. The van der Waals surface area contributed by atoms with Crippen LogP contribution in [0.3, 0.4) is 0 Å². The Hall–Kier alpha value is -2.29. The molecule has 0 fully saturated rings. The molecule has 0 saturated heterocycles. The second kappa shape index (κ2) is 6.07. The summed E-state index contributed by atoms with van der Waals surface area (Å²) in [5.41, 5.74) is 0.0492. The topological polar surface area (TPSA) is 116 Å². The van der Waals surface area contributed by atoms with E-state index in [9.17, 15) is 18.5 Å². The predicted octanol–water partition coefficient (Wildman–Crippen LogP) is 2.39. The molecule has 0 radical (unpaired) electrons. The highest BCUT2D eigenvalue weighted by atomic mass is 32.2. The molecule has 23 heavy (non-hydrogen) atoms. The smallest absolute Gasteiger partial charge is 0.269 e. The summed E-state index contributed by atoms with van der Waals surface area (Å²) in [5.74, 6) is -0.138. The minimum absolute atomic E-state index is 0.0387. The van der Waals surface area contributed by atoms with E-state index >= 15 is 0 Å². The van der Waals surface area contributed by atoms with E-state index in [1.54, 1.807) is 0 Å². The molecule has 9 heteroatoms. The quantitative estimate of drug-likeness (QED) is 0.606. The molecule has 124 valence electrons. The van der Waals surface area contributed by atoms with Crippen molar-refractivity contribution in [1.29, 1.82) is 0 Å². The molecule has 1 aromatic heterocycles. The maximum Gasteiger partial charge on any atom is 0.269 e. The summed E-state index contributed by atoms with van der Waals surface area (Å²) in [6.45, 7) is 5.69. The number of hydrogen-bond acceptors (Lipinski definition) is 7. The molecule has 1 aromatic carbocycles. The number of nitrogens with zero attached hydrogens (tertiary/aromatic N) is 3. The zero-order chi connectivity index (χ0) is 17.3. The molecule has 0 unspecified atom stereocenters. The molecule has 0 amide bonds. The van der Waals surface area contributed by atoms with Gasteiger partial charge in [0.05, 0.1) is 10.7 Å². The molecular formula is C14H17N3O5S. The molecule has 0 aliphatic heterocycles. The first kappa shape index (κ1) is 17.1. The summed E-state index contributed by atoms with van der Waals surface area (Å²) < 4.78 is 29.4. The van der Waals surface area contributed by atoms with Crippen molar-refractivity contribution in [1.82, 2.24) is 10.1 Å². The number of rotatable bonds is 5. The van der Waals surface area contributed by atoms with Crippen LogP contribution in [0.2, 0.25) is 0 Å². The number of benzene rings is 1. The van der Waals surface area contributed by atoms with E-state index < -0.39 is 14.8 Å². The van der Waals surface area contributed by atoms with Crippen LogP contribution in [0.1, 0.15) is 38.0 Å². The van der Waals surface area contributed by atoms with Gasteiger partial charge in [-0.05, 0) is 5.56 Å². The molecule has 0 atom stereocenters. The van der Waals surface area contributed by atoms with E-state index in [-0.39, 0.29) is 28.5 Å². The van der Waals surface area contributed by atoms with E-state index in [1.807, 2.05) is 20.8 Å². The van der Waals surface area contributed by atoms with Gasteiger partial charge in [-0.25, -0.2) is 8.42 Å². The highest BCUT2D eigenvalue weighted by molar-refractivity contribution is 7.89. The van der Waals surface area contributed by atoms with Gasteiger partial charge in [0.2, 0.25) is 5.89 Å². The van der Waals surface area contributed by atoms with Crippen molar-refractivity contribution in [3.63, 3.8) is 0 Å². The van der Waals surface area contributed by atoms with E-state index in [2.05, 4.69) is 10.1 Å². The fourth-order valence-electron chi connectivity index (χ4n) is 1.83. The molecule has 0 N–H and O–H groups in total. The van der Waals surface area contributed by atoms with Crippen molar-refractivity contribution in [3.05, 3.63) is 51.7 Å². The van der Waals surface area contributed by atoms with Gasteiger partial charge >= 0.3 is 0 Å².